The van der Waals surface area contributed by atoms with E-state index in [1.165, 1.54) is 0 Å². The van der Waals surface area contributed by atoms with E-state index < -0.39 is 12.1 Å². The van der Waals surface area contributed by atoms with Crippen molar-refractivity contribution >= 4 is 17.8 Å². The first-order valence-corrected chi connectivity index (χ1v) is 7.98. The Morgan fingerprint density at radius 2 is 1.73 bits per heavy atom. The van der Waals surface area contributed by atoms with Crippen LogP contribution in [0.2, 0.25) is 0 Å². The van der Waals surface area contributed by atoms with Crippen LogP contribution in [0.4, 0.5) is 4.79 Å². The average Bonchev–Trinajstić information content (AvgIpc) is 2.70. The van der Waals surface area contributed by atoms with Crippen LogP contribution in [-0.2, 0) is 9.59 Å². The van der Waals surface area contributed by atoms with Crippen molar-refractivity contribution in [3.8, 4) is 0 Å². The number of nitrogens with one attached hydrogen (secondary N) is 2. The fourth-order valence-electron chi connectivity index (χ4n) is 2.48. The molecular weight excluding hydrogens is 284 g/mol. The number of carbonyl (C=O) groups excluding carboxylic acids is 3. The van der Waals surface area contributed by atoms with Crippen LogP contribution < -0.4 is 10.6 Å². The van der Waals surface area contributed by atoms with Gasteiger partial charge in [-0.05, 0) is 27.2 Å². The molecule has 0 spiro atoms. The Balaban J connectivity index is 2.51. The Morgan fingerprint density at radius 3 is 2.32 bits per heavy atom. The Morgan fingerprint density at radius 1 is 1.05 bits per heavy atom. The van der Waals surface area contributed by atoms with Crippen LogP contribution in [-0.4, -0.2) is 65.9 Å². The van der Waals surface area contributed by atoms with Crippen molar-refractivity contribution in [2.75, 3.05) is 26.2 Å². The largest absolute Gasteiger partial charge is 0.341 e. The van der Waals surface area contributed by atoms with Crippen molar-refractivity contribution in [1.29, 1.82) is 0 Å². The molecule has 1 aliphatic heterocycles. The predicted octanol–water partition coefficient (Wildman–Crippen LogP) is 0.553. The van der Waals surface area contributed by atoms with Gasteiger partial charge in [-0.15, -0.1) is 0 Å². The van der Waals surface area contributed by atoms with Gasteiger partial charge in [-0.25, -0.2) is 4.79 Å². The highest BCUT2D eigenvalue weighted by Crippen LogP contribution is 2.08. The number of urea groups is 1. The second-order valence-electron chi connectivity index (χ2n) is 5.92. The molecule has 0 bridgehead atoms. The monoisotopic (exact) mass is 312 g/mol. The van der Waals surface area contributed by atoms with Gasteiger partial charge in [0.1, 0.15) is 0 Å². The molecule has 2 N–H and O–H groups in total. The summed E-state index contributed by atoms with van der Waals surface area (Å²) in [6.07, 6.45) is 1.34. The van der Waals surface area contributed by atoms with Crippen LogP contribution in [0.3, 0.4) is 0 Å². The van der Waals surface area contributed by atoms with Crippen LogP contribution in [0.1, 0.15) is 40.5 Å². The van der Waals surface area contributed by atoms with Gasteiger partial charge in [0, 0.05) is 38.6 Å². The zero-order chi connectivity index (χ0) is 16.7. The van der Waals surface area contributed by atoms with E-state index in [0.29, 0.717) is 19.5 Å². The lowest BCUT2D eigenvalue weighted by Crippen LogP contribution is -2.51. The van der Waals surface area contributed by atoms with Gasteiger partial charge in [-0.3, -0.25) is 19.8 Å². The third-order valence-electron chi connectivity index (χ3n) is 3.77. The Bertz CT molecular complexity index is 412. The molecule has 0 radical (unpaired) electrons. The number of imide groups is 1. The quantitative estimate of drug-likeness (QED) is 0.794. The van der Waals surface area contributed by atoms with E-state index in [9.17, 15) is 14.4 Å². The minimum absolute atomic E-state index is 0.0186. The van der Waals surface area contributed by atoms with E-state index in [0.717, 1.165) is 19.5 Å². The second-order valence-corrected chi connectivity index (χ2v) is 5.92. The summed E-state index contributed by atoms with van der Waals surface area (Å²) in [4.78, 5) is 39.3. The van der Waals surface area contributed by atoms with Gasteiger partial charge in [0.2, 0.25) is 11.8 Å². The number of nitrogens with zero attached hydrogens (tertiary/aromatic N) is 2. The maximum atomic E-state index is 12.1. The third-order valence-corrected chi connectivity index (χ3v) is 3.77. The SMILES string of the molecule is CCC(=O)N1CCCN(C(C)C(=O)NC(=O)NC(C)C)CC1. The first-order valence-electron chi connectivity index (χ1n) is 7.98. The molecule has 0 aliphatic carbocycles. The van der Waals surface area contributed by atoms with Crippen LogP contribution in [0.5, 0.6) is 0 Å². The minimum atomic E-state index is -0.468. The lowest BCUT2D eigenvalue weighted by Gasteiger charge is -2.26. The summed E-state index contributed by atoms with van der Waals surface area (Å²) in [5.41, 5.74) is 0. The Labute approximate surface area is 132 Å². The molecule has 1 aliphatic rings. The molecule has 7 nitrogen and oxygen atoms in total. The first-order chi connectivity index (χ1) is 10.3. The average molecular weight is 312 g/mol. The standard InChI is InChI=1S/C15H28N4O3/c1-5-13(20)19-8-6-7-18(9-10-19)12(4)14(21)17-15(22)16-11(2)3/h11-12H,5-10H2,1-4H3,(H2,16,17,21,22). The van der Waals surface area contributed by atoms with Crippen molar-refractivity contribution in [2.45, 2.75) is 52.6 Å². The molecule has 1 saturated heterocycles. The minimum Gasteiger partial charge on any atom is -0.341 e. The third kappa shape index (κ3) is 5.63. The zero-order valence-corrected chi connectivity index (χ0v) is 14.0. The van der Waals surface area contributed by atoms with Gasteiger partial charge in [0.15, 0.2) is 0 Å². The summed E-state index contributed by atoms with van der Waals surface area (Å²) in [5.74, 6) is -0.163. The van der Waals surface area contributed by atoms with E-state index in [1.807, 2.05) is 30.6 Å². The summed E-state index contributed by atoms with van der Waals surface area (Å²) >= 11 is 0. The van der Waals surface area contributed by atoms with Gasteiger partial charge in [-0.2, -0.15) is 0 Å². The van der Waals surface area contributed by atoms with Crippen molar-refractivity contribution in [1.82, 2.24) is 20.4 Å². The van der Waals surface area contributed by atoms with Gasteiger partial charge < -0.3 is 10.2 Å². The van der Waals surface area contributed by atoms with E-state index in [2.05, 4.69) is 10.6 Å². The normalized spacial score (nSPS) is 17.8. The maximum absolute atomic E-state index is 12.1. The van der Waals surface area contributed by atoms with Crippen LogP contribution in [0, 0.1) is 0 Å². The first kappa shape index (κ1) is 18.4. The highest BCUT2D eigenvalue weighted by atomic mass is 16.2. The van der Waals surface area contributed by atoms with Crippen molar-refractivity contribution < 1.29 is 14.4 Å². The van der Waals surface area contributed by atoms with Gasteiger partial charge in [0.05, 0.1) is 6.04 Å². The molecule has 1 rings (SSSR count). The molecule has 0 saturated carbocycles. The molecule has 0 aromatic rings. The zero-order valence-electron chi connectivity index (χ0n) is 14.0. The fourth-order valence-corrected chi connectivity index (χ4v) is 2.48. The molecule has 1 unspecified atom stereocenters. The van der Waals surface area contributed by atoms with Gasteiger partial charge in [-0.1, -0.05) is 6.92 Å². The smallest absolute Gasteiger partial charge is 0.321 e. The molecule has 22 heavy (non-hydrogen) atoms. The maximum Gasteiger partial charge on any atom is 0.321 e. The van der Waals surface area contributed by atoms with Crippen LogP contribution >= 0.6 is 0 Å². The van der Waals surface area contributed by atoms with Crippen molar-refractivity contribution in [3.05, 3.63) is 0 Å². The van der Waals surface area contributed by atoms with Crippen molar-refractivity contribution in [2.24, 2.45) is 0 Å². The van der Waals surface area contributed by atoms with Crippen LogP contribution in [0.15, 0.2) is 0 Å². The number of rotatable bonds is 4. The second kappa shape index (κ2) is 8.73. The summed E-state index contributed by atoms with van der Waals surface area (Å²) < 4.78 is 0. The summed E-state index contributed by atoms with van der Waals surface area (Å²) in [6, 6.07) is -0.881. The fraction of sp³-hybridized carbons (Fsp3) is 0.800. The van der Waals surface area contributed by atoms with E-state index >= 15 is 0 Å². The number of carbonyl (C=O) groups is 3. The summed E-state index contributed by atoms with van der Waals surface area (Å²) in [6.45, 7) is 10.1. The van der Waals surface area contributed by atoms with Crippen LogP contribution in [0.25, 0.3) is 0 Å². The molecule has 126 valence electrons. The summed E-state index contributed by atoms with van der Waals surface area (Å²) in [7, 11) is 0. The molecule has 1 fully saturated rings. The molecule has 1 atom stereocenters. The van der Waals surface area contributed by atoms with Gasteiger partial charge >= 0.3 is 6.03 Å². The highest BCUT2D eigenvalue weighted by Gasteiger charge is 2.26. The summed E-state index contributed by atoms with van der Waals surface area (Å²) in [5, 5.41) is 4.99. The molecule has 0 aromatic heterocycles. The molecule has 4 amide bonds. The van der Waals surface area contributed by atoms with Gasteiger partial charge in [0.25, 0.3) is 0 Å². The highest BCUT2D eigenvalue weighted by molar-refractivity contribution is 5.96. The number of hydrogen-bond donors (Lipinski definition) is 2. The number of hydrogen-bond acceptors (Lipinski definition) is 4. The molecule has 0 aromatic carbocycles. The van der Waals surface area contributed by atoms with E-state index in [-0.39, 0.29) is 17.9 Å². The van der Waals surface area contributed by atoms with E-state index in [4.69, 9.17) is 0 Å². The topological polar surface area (TPSA) is 81.8 Å². The lowest BCUT2D eigenvalue weighted by molar-refractivity contribution is -0.130. The Hall–Kier alpha value is -1.63. The molecule has 1 heterocycles. The van der Waals surface area contributed by atoms with Crippen molar-refractivity contribution in [3.63, 3.8) is 0 Å². The molecular formula is C15H28N4O3. The molecule has 7 heteroatoms. The predicted molar refractivity (Wildman–Crippen MR) is 84.3 cm³/mol. The van der Waals surface area contributed by atoms with E-state index in [1.54, 1.807) is 6.92 Å². The Kier molecular flexibility index (Phi) is 7.31. The lowest BCUT2D eigenvalue weighted by atomic mass is 10.2. The number of amides is 4.